The molecular weight excluding hydrogens is 226 g/mol. The molecule has 0 amide bonds. The van der Waals surface area contributed by atoms with Crippen molar-refractivity contribution in [3.05, 3.63) is 23.0 Å². The maximum atomic E-state index is 11.0. The molecule has 0 radical (unpaired) electrons. The fourth-order valence-corrected chi connectivity index (χ4v) is 1.68. The van der Waals surface area contributed by atoms with Crippen molar-refractivity contribution < 1.29 is 19.8 Å². The first-order valence-corrected chi connectivity index (χ1v) is 4.67. The molecule has 0 bridgehead atoms. The number of carboxylic acids is 2. The number of nitrogens with zero attached hydrogens (tertiary/aromatic N) is 1. The van der Waals surface area contributed by atoms with Crippen LogP contribution < -0.4 is 5.73 Å². The normalized spacial score (nSPS) is 10.6. The zero-order valence-electron chi connectivity index (χ0n) is 8.81. The molecule has 0 aliphatic heterocycles. The highest BCUT2D eigenvalue weighted by Gasteiger charge is 2.19. The van der Waals surface area contributed by atoms with E-state index in [4.69, 9.17) is 15.9 Å². The van der Waals surface area contributed by atoms with Gasteiger partial charge in [0.1, 0.15) is 16.9 Å². The molecule has 2 heterocycles. The van der Waals surface area contributed by atoms with E-state index in [0.29, 0.717) is 5.39 Å². The Balaban J connectivity index is 2.83. The number of H-pyrrole nitrogens is 1. The first-order valence-electron chi connectivity index (χ1n) is 4.67. The molecule has 88 valence electrons. The van der Waals surface area contributed by atoms with E-state index < -0.39 is 11.9 Å². The average molecular weight is 235 g/mol. The van der Waals surface area contributed by atoms with Crippen LogP contribution in [0.1, 0.15) is 26.5 Å². The number of aromatic nitrogens is 2. The first kappa shape index (κ1) is 10.9. The fraction of sp³-hybridized carbons (Fsp3) is 0.100. The molecule has 0 saturated carbocycles. The number of nitrogens with one attached hydrogen (secondary N) is 1. The average Bonchev–Trinajstić information content (AvgIpc) is 2.60. The number of aryl methyl sites for hydroxylation is 1. The molecule has 0 fully saturated rings. The van der Waals surface area contributed by atoms with Crippen LogP contribution in [0, 0.1) is 6.92 Å². The number of hydrogen-bond acceptors (Lipinski definition) is 4. The molecule has 5 N–H and O–H groups in total. The Labute approximate surface area is 94.9 Å². The van der Waals surface area contributed by atoms with Crippen LogP contribution in [0.25, 0.3) is 11.0 Å². The van der Waals surface area contributed by atoms with Gasteiger partial charge in [0, 0.05) is 5.39 Å². The Morgan fingerprint density at radius 2 is 2.00 bits per heavy atom. The van der Waals surface area contributed by atoms with E-state index in [9.17, 15) is 9.59 Å². The Hall–Kier alpha value is -2.57. The molecule has 7 nitrogen and oxygen atoms in total. The van der Waals surface area contributed by atoms with Gasteiger partial charge in [-0.05, 0) is 13.0 Å². The van der Waals surface area contributed by atoms with Crippen LogP contribution in [0.3, 0.4) is 0 Å². The van der Waals surface area contributed by atoms with E-state index in [0.717, 1.165) is 0 Å². The minimum atomic E-state index is -1.19. The molecule has 7 heteroatoms. The number of carboxylic acid groups (broad SMARTS) is 2. The van der Waals surface area contributed by atoms with Gasteiger partial charge in [-0.25, -0.2) is 14.6 Å². The van der Waals surface area contributed by atoms with Crippen molar-refractivity contribution in [1.82, 2.24) is 9.97 Å². The quantitative estimate of drug-likeness (QED) is 0.610. The summed E-state index contributed by atoms with van der Waals surface area (Å²) in [5.41, 5.74) is 6.04. The number of aromatic amines is 1. The van der Waals surface area contributed by atoms with Crippen molar-refractivity contribution in [3.8, 4) is 0 Å². The van der Waals surface area contributed by atoms with Crippen LogP contribution in [0.15, 0.2) is 6.07 Å². The largest absolute Gasteiger partial charge is 0.478 e. The first-order chi connectivity index (χ1) is 7.91. The monoisotopic (exact) mass is 235 g/mol. The molecule has 0 atom stereocenters. The Morgan fingerprint density at radius 3 is 2.53 bits per heavy atom. The zero-order chi connectivity index (χ0) is 12.7. The van der Waals surface area contributed by atoms with Crippen molar-refractivity contribution in [3.63, 3.8) is 0 Å². The highest BCUT2D eigenvalue weighted by molar-refractivity contribution is 6.05. The number of nitrogen functional groups attached to an aromatic ring is 1. The molecule has 0 saturated heterocycles. The molecular formula is C10H9N3O4. The molecule has 2 aromatic rings. The summed E-state index contributed by atoms with van der Waals surface area (Å²) in [7, 11) is 0. The number of fused-ring (bicyclic) bond motifs is 1. The summed E-state index contributed by atoms with van der Waals surface area (Å²) in [5.74, 6) is -2.34. The van der Waals surface area contributed by atoms with Gasteiger partial charge < -0.3 is 20.9 Å². The Bertz CT molecular complexity index is 645. The van der Waals surface area contributed by atoms with Crippen molar-refractivity contribution >= 4 is 28.7 Å². The summed E-state index contributed by atoms with van der Waals surface area (Å²) < 4.78 is 0. The summed E-state index contributed by atoms with van der Waals surface area (Å²) in [4.78, 5) is 28.3. The van der Waals surface area contributed by atoms with Gasteiger partial charge in [0.15, 0.2) is 0 Å². The highest BCUT2D eigenvalue weighted by atomic mass is 16.4. The minimum absolute atomic E-state index is 0.0174. The van der Waals surface area contributed by atoms with Gasteiger partial charge in [-0.3, -0.25) is 0 Å². The summed E-state index contributed by atoms with van der Waals surface area (Å²) >= 11 is 0. The topological polar surface area (TPSA) is 129 Å². The van der Waals surface area contributed by atoms with Crippen LogP contribution in [-0.4, -0.2) is 32.1 Å². The van der Waals surface area contributed by atoms with E-state index in [1.165, 1.54) is 13.0 Å². The lowest BCUT2D eigenvalue weighted by molar-refractivity contribution is 0.0683. The van der Waals surface area contributed by atoms with Crippen LogP contribution in [0.5, 0.6) is 0 Å². The highest BCUT2D eigenvalue weighted by Crippen LogP contribution is 2.26. The second-order valence-electron chi connectivity index (χ2n) is 3.54. The molecule has 0 aliphatic rings. The lowest BCUT2D eigenvalue weighted by Crippen LogP contribution is -2.07. The third kappa shape index (κ3) is 1.57. The van der Waals surface area contributed by atoms with Gasteiger partial charge in [0.25, 0.3) is 0 Å². The molecule has 0 aliphatic carbocycles. The standard InChI is InChI=1S/C10H9N3O4/c1-3-6(10(16)17)7(11)4-2-5(9(14)15)13-8(4)12-3/h2H,1H3,(H,14,15)(H,16,17)(H3,11,12,13). The third-order valence-corrected chi connectivity index (χ3v) is 2.44. The Morgan fingerprint density at radius 1 is 1.35 bits per heavy atom. The van der Waals surface area contributed by atoms with Gasteiger partial charge in [0.2, 0.25) is 0 Å². The van der Waals surface area contributed by atoms with E-state index >= 15 is 0 Å². The SMILES string of the molecule is Cc1nc2[nH]c(C(=O)O)cc2c(N)c1C(=O)O. The van der Waals surface area contributed by atoms with Crippen LogP contribution in [0.2, 0.25) is 0 Å². The second-order valence-corrected chi connectivity index (χ2v) is 3.54. The predicted octanol–water partition coefficient (Wildman–Crippen LogP) is 0.850. The number of anilines is 1. The van der Waals surface area contributed by atoms with Crippen LogP contribution in [-0.2, 0) is 0 Å². The van der Waals surface area contributed by atoms with Gasteiger partial charge >= 0.3 is 11.9 Å². The molecule has 0 unspecified atom stereocenters. The number of rotatable bonds is 2. The van der Waals surface area contributed by atoms with Crippen molar-refractivity contribution in [2.45, 2.75) is 6.92 Å². The summed E-state index contributed by atoms with van der Waals surface area (Å²) in [6.07, 6.45) is 0. The smallest absolute Gasteiger partial charge is 0.352 e. The van der Waals surface area contributed by atoms with Gasteiger partial charge in [-0.1, -0.05) is 0 Å². The zero-order valence-corrected chi connectivity index (χ0v) is 8.81. The van der Waals surface area contributed by atoms with E-state index in [1.54, 1.807) is 0 Å². The molecule has 2 rings (SSSR count). The maximum Gasteiger partial charge on any atom is 0.352 e. The minimum Gasteiger partial charge on any atom is -0.478 e. The number of pyridine rings is 1. The van der Waals surface area contributed by atoms with Gasteiger partial charge in [-0.2, -0.15) is 0 Å². The van der Waals surface area contributed by atoms with Crippen molar-refractivity contribution in [1.29, 1.82) is 0 Å². The summed E-state index contributed by atoms with van der Waals surface area (Å²) in [6.45, 7) is 1.50. The molecule has 17 heavy (non-hydrogen) atoms. The van der Waals surface area contributed by atoms with Gasteiger partial charge in [0.05, 0.1) is 11.4 Å². The summed E-state index contributed by atoms with van der Waals surface area (Å²) in [5, 5.41) is 18.1. The van der Waals surface area contributed by atoms with Crippen LogP contribution >= 0.6 is 0 Å². The molecule has 2 aromatic heterocycles. The van der Waals surface area contributed by atoms with E-state index in [2.05, 4.69) is 9.97 Å². The van der Waals surface area contributed by atoms with E-state index in [1.807, 2.05) is 0 Å². The molecule has 0 aromatic carbocycles. The predicted molar refractivity (Wildman–Crippen MR) is 59.2 cm³/mol. The number of carbonyl (C=O) groups is 2. The van der Waals surface area contributed by atoms with Crippen molar-refractivity contribution in [2.24, 2.45) is 0 Å². The van der Waals surface area contributed by atoms with Crippen molar-refractivity contribution in [2.75, 3.05) is 5.73 Å². The number of aromatic carboxylic acids is 2. The maximum absolute atomic E-state index is 11.0. The third-order valence-electron chi connectivity index (χ3n) is 2.44. The second kappa shape index (κ2) is 3.48. The number of nitrogens with two attached hydrogens (primary N) is 1. The fourth-order valence-electron chi connectivity index (χ4n) is 1.68. The van der Waals surface area contributed by atoms with Gasteiger partial charge in [-0.15, -0.1) is 0 Å². The lowest BCUT2D eigenvalue weighted by atomic mass is 10.1. The molecule has 0 spiro atoms. The lowest BCUT2D eigenvalue weighted by Gasteiger charge is -2.04. The number of hydrogen-bond donors (Lipinski definition) is 4. The van der Waals surface area contributed by atoms with Crippen LogP contribution in [0.4, 0.5) is 5.69 Å². The Kier molecular flexibility index (Phi) is 2.24. The van der Waals surface area contributed by atoms with E-state index in [-0.39, 0.29) is 28.3 Å². The summed E-state index contributed by atoms with van der Waals surface area (Å²) in [6, 6.07) is 1.27.